The van der Waals surface area contributed by atoms with Crippen LogP contribution in [0.2, 0.25) is 0 Å². The summed E-state index contributed by atoms with van der Waals surface area (Å²) in [5.41, 5.74) is 0.823. The fourth-order valence-corrected chi connectivity index (χ4v) is 3.66. The molecular formula is C20H26N4O2. The molecular weight excluding hydrogens is 328 g/mol. The highest BCUT2D eigenvalue weighted by atomic mass is 16.3. The van der Waals surface area contributed by atoms with Crippen LogP contribution in [0.3, 0.4) is 0 Å². The first-order valence-electron chi connectivity index (χ1n) is 9.45. The first-order chi connectivity index (χ1) is 12.6. The minimum absolute atomic E-state index is 0.103. The Morgan fingerprint density at radius 3 is 2.96 bits per heavy atom. The second kappa shape index (κ2) is 7.21. The Balaban J connectivity index is 1.35. The van der Waals surface area contributed by atoms with Gasteiger partial charge in [0.05, 0.1) is 5.69 Å². The Morgan fingerprint density at radius 2 is 2.19 bits per heavy atom. The van der Waals surface area contributed by atoms with Crippen LogP contribution >= 0.6 is 0 Å². The second-order valence-corrected chi connectivity index (χ2v) is 7.55. The highest BCUT2D eigenvalue weighted by Crippen LogP contribution is 2.32. The number of amides is 1. The molecule has 1 atom stereocenters. The van der Waals surface area contributed by atoms with Crippen molar-refractivity contribution in [3.63, 3.8) is 0 Å². The lowest BCUT2D eigenvalue weighted by Gasteiger charge is -2.38. The standard InChI is InChI=1S/C20H26N4O2/c25-19-20(26,8-2-10-23(19)14-16-6-7-16)15-21-13-17-4-1-5-18(12-17)24-11-3-9-22-24/h1,3-5,9,11-12,16,21,26H,2,6-8,10,13-15H2. The van der Waals surface area contributed by atoms with Gasteiger partial charge in [-0.15, -0.1) is 0 Å². The molecule has 1 aromatic heterocycles. The fourth-order valence-electron chi connectivity index (χ4n) is 3.66. The Morgan fingerprint density at radius 1 is 1.31 bits per heavy atom. The van der Waals surface area contributed by atoms with Crippen LogP contribution in [0.1, 0.15) is 31.2 Å². The summed E-state index contributed by atoms with van der Waals surface area (Å²) in [4.78, 5) is 14.5. The van der Waals surface area contributed by atoms with Crippen LogP contribution in [-0.2, 0) is 11.3 Å². The van der Waals surface area contributed by atoms with Crippen molar-refractivity contribution in [2.45, 2.75) is 37.8 Å². The van der Waals surface area contributed by atoms with Crippen LogP contribution in [0.4, 0.5) is 0 Å². The molecule has 2 aliphatic rings. The zero-order valence-electron chi connectivity index (χ0n) is 15.0. The van der Waals surface area contributed by atoms with Gasteiger partial charge in [-0.2, -0.15) is 5.10 Å². The molecule has 0 bridgehead atoms. The summed E-state index contributed by atoms with van der Waals surface area (Å²) in [5, 5.41) is 18.4. The summed E-state index contributed by atoms with van der Waals surface area (Å²) in [7, 11) is 0. The maximum absolute atomic E-state index is 12.7. The molecule has 1 aliphatic heterocycles. The average Bonchev–Trinajstić information content (AvgIpc) is 3.28. The number of aliphatic hydroxyl groups is 1. The smallest absolute Gasteiger partial charge is 0.255 e. The third kappa shape index (κ3) is 3.81. The number of hydrogen-bond donors (Lipinski definition) is 2. The van der Waals surface area contributed by atoms with E-state index in [1.807, 2.05) is 40.0 Å². The summed E-state index contributed by atoms with van der Waals surface area (Å²) >= 11 is 0. The number of likely N-dealkylation sites (tertiary alicyclic amines) is 1. The van der Waals surface area contributed by atoms with E-state index in [9.17, 15) is 9.90 Å². The van der Waals surface area contributed by atoms with Gasteiger partial charge in [-0.3, -0.25) is 4.79 Å². The molecule has 2 N–H and O–H groups in total. The van der Waals surface area contributed by atoms with E-state index in [2.05, 4.69) is 16.5 Å². The van der Waals surface area contributed by atoms with E-state index in [1.165, 1.54) is 12.8 Å². The van der Waals surface area contributed by atoms with Gasteiger partial charge >= 0.3 is 0 Å². The molecule has 0 spiro atoms. The molecule has 0 radical (unpaired) electrons. The number of hydrogen-bond acceptors (Lipinski definition) is 4. The van der Waals surface area contributed by atoms with Gasteiger partial charge in [-0.1, -0.05) is 12.1 Å². The number of rotatable bonds is 7. The Labute approximate surface area is 153 Å². The van der Waals surface area contributed by atoms with E-state index in [0.717, 1.165) is 30.8 Å². The summed E-state index contributed by atoms with van der Waals surface area (Å²) in [6.45, 7) is 2.49. The minimum atomic E-state index is -1.27. The van der Waals surface area contributed by atoms with Gasteiger partial charge in [0.25, 0.3) is 5.91 Å². The van der Waals surface area contributed by atoms with Crippen molar-refractivity contribution >= 4 is 5.91 Å². The van der Waals surface area contributed by atoms with E-state index in [4.69, 9.17) is 0 Å². The number of piperidine rings is 1. The zero-order chi connectivity index (χ0) is 18.0. The van der Waals surface area contributed by atoms with E-state index in [0.29, 0.717) is 25.4 Å². The lowest BCUT2D eigenvalue weighted by atomic mass is 9.91. The third-order valence-corrected chi connectivity index (χ3v) is 5.31. The van der Waals surface area contributed by atoms with Crippen LogP contribution in [-0.4, -0.2) is 50.9 Å². The van der Waals surface area contributed by atoms with E-state index in [-0.39, 0.29) is 5.91 Å². The van der Waals surface area contributed by atoms with Crippen molar-refractivity contribution in [3.8, 4) is 5.69 Å². The van der Waals surface area contributed by atoms with Crippen LogP contribution in [0, 0.1) is 5.92 Å². The number of carbonyl (C=O) groups excluding carboxylic acids is 1. The molecule has 1 aliphatic carbocycles. The summed E-state index contributed by atoms with van der Waals surface area (Å²) in [5.74, 6) is 0.549. The first-order valence-corrected chi connectivity index (χ1v) is 9.45. The first kappa shape index (κ1) is 17.2. The highest BCUT2D eigenvalue weighted by Gasteiger charge is 2.43. The molecule has 1 saturated carbocycles. The van der Waals surface area contributed by atoms with Crippen LogP contribution < -0.4 is 5.32 Å². The molecule has 2 aromatic rings. The summed E-state index contributed by atoms with van der Waals surface area (Å²) in [6, 6.07) is 9.98. The number of aromatic nitrogens is 2. The molecule has 6 nitrogen and oxygen atoms in total. The molecule has 1 saturated heterocycles. The molecule has 1 unspecified atom stereocenters. The number of nitrogens with one attached hydrogen (secondary N) is 1. The maximum atomic E-state index is 12.7. The predicted molar refractivity (Wildman–Crippen MR) is 98.8 cm³/mol. The van der Waals surface area contributed by atoms with E-state index < -0.39 is 5.60 Å². The average molecular weight is 354 g/mol. The van der Waals surface area contributed by atoms with Gasteiger partial charge in [-0.25, -0.2) is 4.68 Å². The lowest BCUT2D eigenvalue weighted by molar-refractivity contribution is -0.156. The van der Waals surface area contributed by atoms with Gasteiger partial charge in [0.1, 0.15) is 0 Å². The van der Waals surface area contributed by atoms with Crippen LogP contribution in [0.5, 0.6) is 0 Å². The van der Waals surface area contributed by atoms with Gasteiger partial charge in [0, 0.05) is 38.6 Å². The molecule has 4 rings (SSSR count). The molecule has 1 aromatic carbocycles. The molecule has 26 heavy (non-hydrogen) atoms. The topological polar surface area (TPSA) is 70.4 Å². The SMILES string of the molecule is O=C1N(CC2CC2)CCCC1(O)CNCc1cccc(-n2cccn2)c1. The van der Waals surface area contributed by atoms with Crippen molar-refractivity contribution in [3.05, 3.63) is 48.3 Å². The predicted octanol–water partition coefficient (Wildman–Crippen LogP) is 1.73. The van der Waals surface area contributed by atoms with E-state index in [1.54, 1.807) is 6.20 Å². The minimum Gasteiger partial charge on any atom is -0.379 e. The Kier molecular flexibility index (Phi) is 4.78. The lowest BCUT2D eigenvalue weighted by Crippen LogP contribution is -2.58. The van der Waals surface area contributed by atoms with Crippen LogP contribution in [0.15, 0.2) is 42.7 Å². The summed E-state index contributed by atoms with van der Waals surface area (Å²) < 4.78 is 1.82. The quantitative estimate of drug-likeness (QED) is 0.794. The fraction of sp³-hybridized carbons (Fsp3) is 0.500. The molecule has 2 heterocycles. The molecule has 6 heteroatoms. The van der Waals surface area contributed by atoms with Crippen molar-refractivity contribution in [2.75, 3.05) is 19.6 Å². The third-order valence-electron chi connectivity index (χ3n) is 5.31. The largest absolute Gasteiger partial charge is 0.379 e. The maximum Gasteiger partial charge on any atom is 0.255 e. The number of nitrogens with zero attached hydrogens (tertiary/aromatic N) is 3. The molecule has 2 fully saturated rings. The molecule has 1 amide bonds. The van der Waals surface area contributed by atoms with Gasteiger partial charge in [-0.05, 0) is 55.4 Å². The monoisotopic (exact) mass is 354 g/mol. The Hall–Kier alpha value is -2.18. The van der Waals surface area contributed by atoms with Crippen molar-refractivity contribution in [1.82, 2.24) is 20.0 Å². The van der Waals surface area contributed by atoms with Gasteiger partial charge < -0.3 is 15.3 Å². The zero-order valence-corrected chi connectivity index (χ0v) is 15.0. The molecule has 138 valence electrons. The van der Waals surface area contributed by atoms with Crippen molar-refractivity contribution in [1.29, 1.82) is 0 Å². The van der Waals surface area contributed by atoms with Gasteiger partial charge in [0.2, 0.25) is 0 Å². The van der Waals surface area contributed by atoms with Crippen molar-refractivity contribution in [2.24, 2.45) is 5.92 Å². The van der Waals surface area contributed by atoms with Gasteiger partial charge in [0.15, 0.2) is 5.60 Å². The Bertz CT molecular complexity index is 757. The highest BCUT2D eigenvalue weighted by molar-refractivity contribution is 5.86. The number of benzene rings is 1. The second-order valence-electron chi connectivity index (χ2n) is 7.55. The van der Waals surface area contributed by atoms with Crippen molar-refractivity contribution < 1.29 is 9.90 Å². The van der Waals surface area contributed by atoms with Crippen LogP contribution in [0.25, 0.3) is 5.69 Å². The summed E-state index contributed by atoms with van der Waals surface area (Å²) in [6.07, 6.45) is 7.49. The normalized spacial score (nSPS) is 23.4. The van der Waals surface area contributed by atoms with E-state index >= 15 is 0 Å². The number of carbonyl (C=O) groups is 1.